The molecule has 3 heteroatoms. The number of aromatic nitrogens is 1. The highest BCUT2D eigenvalue weighted by Crippen LogP contribution is 2.25. The number of nitrogens with one attached hydrogen (secondary N) is 2. The van der Waals surface area contributed by atoms with E-state index in [1.807, 2.05) is 0 Å². The molecule has 0 saturated heterocycles. The highest BCUT2D eigenvalue weighted by molar-refractivity contribution is 7.98. The van der Waals surface area contributed by atoms with Crippen LogP contribution in [-0.4, -0.2) is 17.8 Å². The molecule has 2 aromatic rings. The van der Waals surface area contributed by atoms with Gasteiger partial charge >= 0.3 is 0 Å². The maximum Gasteiger partial charge on any atom is 0.0459 e. The summed E-state index contributed by atoms with van der Waals surface area (Å²) in [5.74, 6) is 0. The average molecular weight is 244 g/mol. The topological polar surface area (TPSA) is 27.8 Å². The van der Waals surface area contributed by atoms with Crippen LogP contribution in [-0.2, 0) is 13.0 Å². The van der Waals surface area contributed by atoms with Crippen LogP contribution in [0.3, 0.4) is 0 Å². The van der Waals surface area contributed by atoms with Gasteiger partial charge in [-0.3, -0.25) is 0 Å². The van der Waals surface area contributed by atoms with E-state index in [4.69, 9.17) is 0 Å². The van der Waals surface area contributed by atoms with Crippen molar-refractivity contribution >= 4 is 11.8 Å². The zero-order valence-electron chi connectivity index (χ0n) is 9.92. The third-order valence-electron chi connectivity index (χ3n) is 3.26. The molecular weight excluding hydrogens is 228 g/mol. The molecule has 0 unspecified atom stereocenters. The first kappa shape index (κ1) is 10.9. The second-order valence-electron chi connectivity index (χ2n) is 4.34. The fourth-order valence-electron chi connectivity index (χ4n) is 2.28. The van der Waals surface area contributed by atoms with Crippen LogP contribution in [0.15, 0.2) is 35.2 Å². The number of aromatic amines is 1. The predicted molar refractivity (Wildman–Crippen MR) is 73.4 cm³/mol. The smallest absolute Gasteiger partial charge is 0.0459 e. The maximum atomic E-state index is 3.54. The van der Waals surface area contributed by atoms with Gasteiger partial charge in [0.2, 0.25) is 0 Å². The summed E-state index contributed by atoms with van der Waals surface area (Å²) in [7, 11) is 0. The second kappa shape index (κ2) is 4.59. The van der Waals surface area contributed by atoms with Gasteiger partial charge in [0.15, 0.2) is 0 Å². The number of thioether (sulfide) groups is 1. The third-order valence-corrected chi connectivity index (χ3v) is 4.00. The van der Waals surface area contributed by atoms with Gasteiger partial charge in [-0.25, -0.2) is 0 Å². The maximum absolute atomic E-state index is 3.54. The summed E-state index contributed by atoms with van der Waals surface area (Å²) in [6, 6.07) is 11.0. The van der Waals surface area contributed by atoms with Gasteiger partial charge in [-0.2, -0.15) is 0 Å². The molecule has 0 aliphatic carbocycles. The minimum atomic E-state index is 0.995. The van der Waals surface area contributed by atoms with Gasteiger partial charge in [-0.1, -0.05) is 12.1 Å². The number of benzene rings is 1. The van der Waals surface area contributed by atoms with Gasteiger partial charge in [0.05, 0.1) is 0 Å². The van der Waals surface area contributed by atoms with E-state index in [9.17, 15) is 0 Å². The van der Waals surface area contributed by atoms with Crippen molar-refractivity contribution in [3.63, 3.8) is 0 Å². The summed E-state index contributed by atoms with van der Waals surface area (Å²) in [4.78, 5) is 4.85. The van der Waals surface area contributed by atoms with Crippen LogP contribution in [0, 0.1) is 0 Å². The third kappa shape index (κ3) is 2.13. The molecule has 0 radical (unpaired) electrons. The molecule has 88 valence electrons. The van der Waals surface area contributed by atoms with Crippen LogP contribution >= 0.6 is 11.8 Å². The normalized spacial score (nSPS) is 14.6. The zero-order chi connectivity index (χ0) is 11.7. The highest BCUT2D eigenvalue weighted by Gasteiger charge is 2.12. The minimum absolute atomic E-state index is 0.995. The van der Waals surface area contributed by atoms with Crippen molar-refractivity contribution in [2.75, 3.05) is 12.8 Å². The van der Waals surface area contributed by atoms with Gasteiger partial charge in [0.25, 0.3) is 0 Å². The van der Waals surface area contributed by atoms with E-state index in [0.717, 1.165) is 19.5 Å². The standard InChI is InChI=1S/C14H16N2S/c1-17-12-4-2-10(3-5-12)14-8-11-9-15-7-6-13(11)16-14/h2-5,8,15-16H,6-7,9H2,1H3. The predicted octanol–water partition coefficient (Wildman–Crippen LogP) is 3.05. The second-order valence-corrected chi connectivity index (χ2v) is 5.22. The molecule has 0 saturated carbocycles. The molecule has 1 aromatic carbocycles. The van der Waals surface area contributed by atoms with E-state index in [1.165, 1.54) is 27.4 Å². The molecular formula is C14H16N2S. The molecule has 1 aromatic heterocycles. The van der Waals surface area contributed by atoms with Crippen molar-refractivity contribution in [3.8, 4) is 11.3 Å². The number of H-pyrrole nitrogens is 1. The van der Waals surface area contributed by atoms with Crippen LogP contribution in [0.25, 0.3) is 11.3 Å². The first-order valence-corrected chi connectivity index (χ1v) is 7.15. The Bertz CT molecular complexity index is 490. The Labute approximate surface area is 106 Å². The lowest BCUT2D eigenvalue weighted by Gasteiger charge is -2.11. The fraction of sp³-hybridized carbons (Fsp3) is 0.286. The first-order valence-electron chi connectivity index (χ1n) is 5.93. The van der Waals surface area contributed by atoms with Crippen molar-refractivity contribution in [2.45, 2.75) is 17.9 Å². The molecule has 1 aliphatic heterocycles. The van der Waals surface area contributed by atoms with Crippen LogP contribution < -0.4 is 5.32 Å². The fourth-order valence-corrected chi connectivity index (χ4v) is 2.69. The van der Waals surface area contributed by atoms with E-state index in [2.05, 4.69) is 46.9 Å². The molecule has 1 aliphatic rings. The average Bonchev–Trinajstić information content (AvgIpc) is 2.82. The van der Waals surface area contributed by atoms with Crippen molar-refractivity contribution in [2.24, 2.45) is 0 Å². The number of hydrogen-bond acceptors (Lipinski definition) is 2. The first-order chi connectivity index (χ1) is 8.36. The van der Waals surface area contributed by atoms with Crippen molar-refractivity contribution < 1.29 is 0 Å². The molecule has 0 bridgehead atoms. The summed E-state index contributed by atoms with van der Waals surface area (Å²) in [5, 5.41) is 3.40. The lowest BCUT2D eigenvalue weighted by atomic mass is 10.1. The lowest BCUT2D eigenvalue weighted by Crippen LogP contribution is -2.22. The SMILES string of the molecule is CSc1ccc(-c2cc3c([nH]2)CCNC3)cc1. The highest BCUT2D eigenvalue weighted by atomic mass is 32.2. The zero-order valence-corrected chi connectivity index (χ0v) is 10.7. The molecule has 0 amide bonds. The van der Waals surface area contributed by atoms with E-state index in [0.29, 0.717) is 0 Å². The van der Waals surface area contributed by atoms with E-state index in [-0.39, 0.29) is 0 Å². The summed E-state index contributed by atoms with van der Waals surface area (Å²) in [6.07, 6.45) is 3.21. The minimum Gasteiger partial charge on any atom is -0.358 e. The van der Waals surface area contributed by atoms with E-state index >= 15 is 0 Å². The quantitative estimate of drug-likeness (QED) is 0.795. The summed E-state index contributed by atoms with van der Waals surface area (Å²) >= 11 is 1.78. The van der Waals surface area contributed by atoms with Crippen molar-refractivity contribution in [1.82, 2.24) is 10.3 Å². The Morgan fingerprint density at radius 2 is 2.00 bits per heavy atom. The van der Waals surface area contributed by atoms with E-state index in [1.54, 1.807) is 11.8 Å². The van der Waals surface area contributed by atoms with Gasteiger partial charge in [0, 0.05) is 35.8 Å². The Kier molecular flexibility index (Phi) is 2.95. The Morgan fingerprint density at radius 1 is 1.18 bits per heavy atom. The van der Waals surface area contributed by atoms with Crippen LogP contribution in [0.2, 0.25) is 0 Å². The molecule has 2 heterocycles. The van der Waals surface area contributed by atoms with Gasteiger partial charge in [-0.15, -0.1) is 11.8 Å². The molecule has 0 atom stereocenters. The number of hydrogen-bond donors (Lipinski definition) is 2. The Morgan fingerprint density at radius 3 is 2.71 bits per heavy atom. The largest absolute Gasteiger partial charge is 0.358 e. The Balaban J connectivity index is 1.94. The molecule has 0 spiro atoms. The van der Waals surface area contributed by atoms with Crippen LogP contribution in [0.5, 0.6) is 0 Å². The summed E-state index contributed by atoms with van der Waals surface area (Å²) in [5.41, 5.74) is 5.33. The van der Waals surface area contributed by atoms with Crippen molar-refractivity contribution in [1.29, 1.82) is 0 Å². The Hall–Kier alpha value is -1.19. The van der Waals surface area contributed by atoms with Crippen LogP contribution in [0.1, 0.15) is 11.3 Å². The number of rotatable bonds is 2. The lowest BCUT2D eigenvalue weighted by molar-refractivity contribution is 0.638. The van der Waals surface area contributed by atoms with Gasteiger partial charge < -0.3 is 10.3 Å². The van der Waals surface area contributed by atoms with Gasteiger partial charge in [-0.05, 0) is 35.6 Å². The monoisotopic (exact) mass is 244 g/mol. The summed E-state index contributed by atoms with van der Waals surface area (Å²) in [6.45, 7) is 2.08. The van der Waals surface area contributed by atoms with Crippen molar-refractivity contribution in [3.05, 3.63) is 41.6 Å². The number of fused-ring (bicyclic) bond motifs is 1. The van der Waals surface area contributed by atoms with E-state index < -0.39 is 0 Å². The molecule has 17 heavy (non-hydrogen) atoms. The summed E-state index contributed by atoms with van der Waals surface area (Å²) < 4.78 is 0. The van der Waals surface area contributed by atoms with Crippen LogP contribution in [0.4, 0.5) is 0 Å². The molecule has 2 N–H and O–H groups in total. The molecule has 0 fully saturated rings. The molecule has 2 nitrogen and oxygen atoms in total. The molecule has 3 rings (SSSR count). The van der Waals surface area contributed by atoms with Gasteiger partial charge in [0.1, 0.15) is 0 Å².